The van der Waals surface area contributed by atoms with Crippen LogP contribution in [0.5, 0.6) is 0 Å². The number of nitrogens with zero attached hydrogens (tertiary/aromatic N) is 2. The van der Waals surface area contributed by atoms with Crippen LogP contribution >= 0.6 is 0 Å². The third-order valence-electron chi connectivity index (χ3n) is 3.04. The lowest BCUT2D eigenvalue weighted by Gasteiger charge is -2.17. The molecule has 1 fully saturated rings. The van der Waals surface area contributed by atoms with Crippen molar-refractivity contribution in [2.75, 3.05) is 13.6 Å². The van der Waals surface area contributed by atoms with Crippen molar-refractivity contribution in [1.82, 2.24) is 10.1 Å². The van der Waals surface area contributed by atoms with Crippen LogP contribution in [0.25, 0.3) is 0 Å². The van der Waals surface area contributed by atoms with Crippen molar-refractivity contribution in [1.29, 1.82) is 0 Å². The highest BCUT2D eigenvalue weighted by Gasteiger charge is 2.29. The molecule has 6 heteroatoms. The number of carbonyl (C=O) groups is 2. The molecule has 18 heavy (non-hydrogen) atoms. The van der Waals surface area contributed by atoms with Gasteiger partial charge in [-0.25, -0.2) is 0 Å². The van der Waals surface area contributed by atoms with Crippen LogP contribution in [0.3, 0.4) is 0 Å². The van der Waals surface area contributed by atoms with Gasteiger partial charge >= 0.3 is 5.97 Å². The van der Waals surface area contributed by atoms with Gasteiger partial charge in [0.1, 0.15) is 5.76 Å². The molecule has 1 aliphatic rings. The molecule has 1 saturated carbocycles. The van der Waals surface area contributed by atoms with Gasteiger partial charge in [0.2, 0.25) is 0 Å². The van der Waals surface area contributed by atoms with E-state index >= 15 is 0 Å². The zero-order valence-corrected chi connectivity index (χ0v) is 10.4. The Morgan fingerprint density at radius 2 is 2.28 bits per heavy atom. The Bertz CT molecular complexity index is 464. The molecular formula is C12H16N2O4. The molecule has 1 aromatic rings. The molecule has 0 spiro atoms. The number of rotatable bonds is 5. The monoisotopic (exact) mass is 252 g/mol. The summed E-state index contributed by atoms with van der Waals surface area (Å²) in [5.41, 5.74) is 0.247. The smallest absolute Gasteiger partial charge is 0.308 e. The lowest BCUT2D eigenvalue weighted by atomic mass is 10.1. The molecule has 0 radical (unpaired) electrons. The Kier molecular flexibility index (Phi) is 3.36. The van der Waals surface area contributed by atoms with Crippen molar-refractivity contribution in [3.05, 3.63) is 17.5 Å². The fourth-order valence-corrected chi connectivity index (χ4v) is 1.72. The number of aromatic nitrogens is 1. The van der Waals surface area contributed by atoms with E-state index in [1.54, 1.807) is 20.0 Å². The van der Waals surface area contributed by atoms with E-state index in [0.29, 0.717) is 5.92 Å². The summed E-state index contributed by atoms with van der Waals surface area (Å²) in [6, 6.07) is 1.65. The molecule has 0 bridgehead atoms. The van der Waals surface area contributed by atoms with E-state index in [-0.39, 0.29) is 18.1 Å². The standard InChI is InChI=1S/C12H16N2O4/c1-7(12(16)17)6-14(2)11(15)9-5-10(18-13-9)8-3-4-8/h5,7-8H,3-4,6H2,1-2H3,(H,16,17). The molecule has 1 heterocycles. The van der Waals surface area contributed by atoms with Gasteiger partial charge in [0.05, 0.1) is 5.92 Å². The van der Waals surface area contributed by atoms with E-state index in [0.717, 1.165) is 18.6 Å². The molecule has 1 aromatic heterocycles. The maximum Gasteiger partial charge on any atom is 0.308 e. The van der Waals surface area contributed by atoms with Gasteiger partial charge in [-0.3, -0.25) is 9.59 Å². The fourth-order valence-electron chi connectivity index (χ4n) is 1.72. The zero-order chi connectivity index (χ0) is 13.3. The lowest BCUT2D eigenvalue weighted by molar-refractivity contribution is -0.141. The van der Waals surface area contributed by atoms with Crippen LogP contribution < -0.4 is 0 Å². The zero-order valence-electron chi connectivity index (χ0n) is 10.4. The third-order valence-corrected chi connectivity index (χ3v) is 3.04. The van der Waals surface area contributed by atoms with Crippen molar-refractivity contribution in [3.8, 4) is 0 Å². The number of carboxylic acids is 1. The van der Waals surface area contributed by atoms with Crippen LogP contribution in [0.15, 0.2) is 10.6 Å². The Morgan fingerprint density at radius 3 is 2.83 bits per heavy atom. The van der Waals surface area contributed by atoms with E-state index in [4.69, 9.17) is 9.63 Å². The largest absolute Gasteiger partial charge is 0.481 e. The molecule has 6 nitrogen and oxygen atoms in total. The van der Waals surface area contributed by atoms with Crippen LogP contribution in [-0.2, 0) is 4.79 Å². The van der Waals surface area contributed by atoms with Crippen molar-refractivity contribution in [2.45, 2.75) is 25.7 Å². The maximum atomic E-state index is 12.0. The van der Waals surface area contributed by atoms with Crippen molar-refractivity contribution in [2.24, 2.45) is 5.92 Å². The molecule has 1 amide bonds. The predicted molar refractivity (Wildman–Crippen MR) is 62.2 cm³/mol. The second-order valence-electron chi connectivity index (χ2n) is 4.81. The second-order valence-corrected chi connectivity index (χ2v) is 4.81. The summed E-state index contributed by atoms with van der Waals surface area (Å²) in [7, 11) is 1.56. The molecule has 98 valence electrons. The fraction of sp³-hybridized carbons (Fsp3) is 0.583. The SMILES string of the molecule is CC(CN(C)C(=O)c1cc(C2CC2)on1)C(=O)O. The second kappa shape index (κ2) is 4.80. The topological polar surface area (TPSA) is 83.6 Å². The van der Waals surface area contributed by atoms with E-state index < -0.39 is 11.9 Å². The van der Waals surface area contributed by atoms with E-state index in [9.17, 15) is 9.59 Å². The van der Waals surface area contributed by atoms with Crippen molar-refractivity contribution >= 4 is 11.9 Å². The average molecular weight is 252 g/mol. The van der Waals surface area contributed by atoms with E-state index in [2.05, 4.69) is 5.16 Å². The van der Waals surface area contributed by atoms with Gasteiger partial charge in [0.15, 0.2) is 5.69 Å². The van der Waals surface area contributed by atoms with Crippen LogP contribution in [-0.4, -0.2) is 40.6 Å². The number of amides is 1. The minimum atomic E-state index is -0.923. The summed E-state index contributed by atoms with van der Waals surface area (Å²) in [5.74, 6) is -0.679. The minimum absolute atomic E-state index is 0.153. The van der Waals surface area contributed by atoms with Gasteiger partial charge < -0.3 is 14.5 Å². The molecule has 0 aliphatic heterocycles. The average Bonchev–Trinajstić information content (AvgIpc) is 3.06. The Morgan fingerprint density at radius 1 is 1.61 bits per heavy atom. The van der Waals surface area contributed by atoms with Gasteiger partial charge in [-0.1, -0.05) is 12.1 Å². The highest BCUT2D eigenvalue weighted by molar-refractivity contribution is 5.92. The Labute approximate surface area is 105 Å². The van der Waals surface area contributed by atoms with Crippen LogP contribution in [0, 0.1) is 5.92 Å². The van der Waals surface area contributed by atoms with E-state index in [1.807, 2.05) is 0 Å². The quantitative estimate of drug-likeness (QED) is 0.855. The molecule has 1 unspecified atom stereocenters. The first-order valence-electron chi connectivity index (χ1n) is 5.94. The highest BCUT2D eigenvalue weighted by atomic mass is 16.5. The predicted octanol–water partition coefficient (Wildman–Crippen LogP) is 1.34. The summed E-state index contributed by atoms with van der Waals surface area (Å²) in [6.45, 7) is 1.71. The normalized spacial score (nSPS) is 16.3. The first-order valence-corrected chi connectivity index (χ1v) is 5.94. The molecule has 1 aliphatic carbocycles. The van der Waals surface area contributed by atoms with Crippen LogP contribution in [0.4, 0.5) is 0 Å². The molecular weight excluding hydrogens is 236 g/mol. The van der Waals surface area contributed by atoms with Gasteiger partial charge in [-0.15, -0.1) is 0 Å². The van der Waals surface area contributed by atoms with Crippen LogP contribution in [0.1, 0.15) is 41.9 Å². The summed E-state index contributed by atoms with van der Waals surface area (Å²) in [6.07, 6.45) is 2.16. The molecule has 1 atom stereocenters. The molecule has 0 saturated heterocycles. The van der Waals surface area contributed by atoms with Crippen molar-refractivity contribution < 1.29 is 19.2 Å². The number of aliphatic carboxylic acids is 1. The van der Waals surface area contributed by atoms with Gasteiger partial charge in [-0.2, -0.15) is 0 Å². The number of hydrogen-bond acceptors (Lipinski definition) is 4. The summed E-state index contributed by atoms with van der Waals surface area (Å²) < 4.78 is 5.10. The van der Waals surface area contributed by atoms with Gasteiger partial charge in [0.25, 0.3) is 5.91 Å². The lowest BCUT2D eigenvalue weighted by Crippen LogP contribution is -2.33. The molecule has 1 N–H and O–H groups in total. The van der Waals surface area contributed by atoms with E-state index in [1.165, 1.54) is 4.90 Å². The number of carbonyl (C=O) groups excluding carboxylic acids is 1. The minimum Gasteiger partial charge on any atom is -0.481 e. The Balaban J connectivity index is 1.98. The number of hydrogen-bond donors (Lipinski definition) is 1. The number of carboxylic acid groups (broad SMARTS) is 1. The molecule has 0 aromatic carbocycles. The first kappa shape index (κ1) is 12.6. The van der Waals surface area contributed by atoms with Crippen LogP contribution in [0.2, 0.25) is 0 Å². The highest BCUT2D eigenvalue weighted by Crippen LogP contribution is 2.40. The summed E-state index contributed by atoms with van der Waals surface area (Å²) >= 11 is 0. The van der Waals surface area contributed by atoms with Crippen molar-refractivity contribution in [3.63, 3.8) is 0 Å². The summed E-state index contributed by atoms with van der Waals surface area (Å²) in [5, 5.41) is 12.5. The molecule has 2 rings (SSSR count). The summed E-state index contributed by atoms with van der Waals surface area (Å²) in [4.78, 5) is 24.0. The van der Waals surface area contributed by atoms with Gasteiger partial charge in [-0.05, 0) is 12.8 Å². The Hall–Kier alpha value is -1.85. The third kappa shape index (κ3) is 2.69. The van der Waals surface area contributed by atoms with Gasteiger partial charge in [0, 0.05) is 25.6 Å². The maximum absolute atomic E-state index is 12.0. The first-order chi connectivity index (χ1) is 8.49.